The lowest BCUT2D eigenvalue weighted by Crippen LogP contribution is -2.38. The van der Waals surface area contributed by atoms with Crippen LogP contribution in [-0.2, 0) is 9.59 Å². The lowest BCUT2D eigenvalue weighted by molar-refractivity contribution is -0.153. The fourth-order valence-corrected chi connectivity index (χ4v) is 6.42. The molecular formula is C34H66O4. The molecule has 38 heavy (non-hydrogen) atoms. The van der Waals surface area contributed by atoms with Crippen LogP contribution in [0.3, 0.4) is 0 Å². The first kappa shape index (κ1) is 36.9. The van der Waals surface area contributed by atoms with Crippen LogP contribution in [0.25, 0.3) is 0 Å². The van der Waals surface area contributed by atoms with E-state index in [1.54, 1.807) is 0 Å². The summed E-state index contributed by atoms with van der Waals surface area (Å²) in [5.74, 6) is 0.782. The minimum Gasteiger partial charge on any atom is -0.481 e. The van der Waals surface area contributed by atoms with Crippen molar-refractivity contribution in [2.75, 3.05) is 0 Å². The molecule has 0 spiro atoms. The highest BCUT2D eigenvalue weighted by atomic mass is 16.4. The van der Waals surface area contributed by atoms with E-state index in [1.807, 2.05) is 0 Å². The Balaban J connectivity index is 5.22. The third-order valence-corrected chi connectivity index (χ3v) is 9.21. The lowest BCUT2D eigenvalue weighted by Gasteiger charge is -2.39. The van der Waals surface area contributed by atoms with Crippen molar-refractivity contribution in [1.29, 1.82) is 0 Å². The molecule has 2 N–H and O–H groups in total. The Morgan fingerprint density at radius 2 is 1.05 bits per heavy atom. The van der Waals surface area contributed by atoms with Crippen molar-refractivity contribution < 1.29 is 19.8 Å². The van der Waals surface area contributed by atoms with Crippen molar-refractivity contribution in [2.24, 2.45) is 29.1 Å². The predicted octanol–water partition coefficient (Wildman–Crippen LogP) is 10.9. The molecule has 3 atom stereocenters. The molecule has 4 nitrogen and oxygen atoms in total. The zero-order valence-electron chi connectivity index (χ0n) is 26.4. The smallest absolute Gasteiger partial charge is 0.309 e. The van der Waals surface area contributed by atoms with Gasteiger partial charge in [-0.05, 0) is 49.4 Å². The Bertz CT molecular complexity index is 567. The van der Waals surface area contributed by atoms with Gasteiger partial charge in [-0.3, -0.25) is 9.59 Å². The summed E-state index contributed by atoms with van der Waals surface area (Å²) in [6, 6.07) is 0. The van der Waals surface area contributed by atoms with E-state index in [9.17, 15) is 14.7 Å². The highest BCUT2D eigenvalue weighted by Crippen LogP contribution is 2.46. The zero-order chi connectivity index (χ0) is 28.8. The first-order valence-corrected chi connectivity index (χ1v) is 16.6. The molecule has 0 saturated heterocycles. The number of hydrogen-bond donors (Lipinski definition) is 2. The molecule has 0 heterocycles. The van der Waals surface area contributed by atoms with E-state index in [1.165, 1.54) is 57.8 Å². The fourth-order valence-electron chi connectivity index (χ4n) is 6.42. The third kappa shape index (κ3) is 16.8. The van der Waals surface area contributed by atoms with E-state index in [0.717, 1.165) is 70.6 Å². The van der Waals surface area contributed by atoms with Crippen LogP contribution in [0.15, 0.2) is 0 Å². The van der Waals surface area contributed by atoms with Crippen LogP contribution in [0.1, 0.15) is 176 Å². The first-order valence-electron chi connectivity index (χ1n) is 16.6. The summed E-state index contributed by atoms with van der Waals surface area (Å²) in [6.07, 6.45) is 22.3. The topological polar surface area (TPSA) is 74.6 Å². The third-order valence-electron chi connectivity index (χ3n) is 9.21. The molecule has 0 aliphatic rings. The van der Waals surface area contributed by atoms with Gasteiger partial charge in [-0.25, -0.2) is 0 Å². The Kier molecular flexibility index (Phi) is 22.1. The molecule has 0 radical (unpaired) electrons. The van der Waals surface area contributed by atoms with Gasteiger partial charge in [0.2, 0.25) is 0 Å². The quantitative estimate of drug-likeness (QED) is 0.102. The molecule has 0 aromatic rings. The Hall–Kier alpha value is -1.06. The Labute approximate surface area is 237 Å². The Morgan fingerprint density at radius 1 is 0.605 bits per heavy atom. The van der Waals surface area contributed by atoms with E-state index >= 15 is 0 Å². The largest absolute Gasteiger partial charge is 0.481 e. The number of carboxylic acids is 2. The molecule has 0 aliphatic heterocycles. The Morgan fingerprint density at radius 3 is 1.42 bits per heavy atom. The summed E-state index contributed by atoms with van der Waals surface area (Å²) in [6.45, 7) is 13.6. The molecule has 0 amide bonds. The van der Waals surface area contributed by atoms with Crippen LogP contribution in [0.4, 0.5) is 0 Å². The van der Waals surface area contributed by atoms with Gasteiger partial charge in [-0.15, -0.1) is 0 Å². The summed E-state index contributed by atoms with van der Waals surface area (Å²) >= 11 is 0. The number of rotatable bonds is 27. The molecule has 226 valence electrons. The molecule has 0 saturated carbocycles. The second kappa shape index (κ2) is 22.7. The van der Waals surface area contributed by atoms with Gasteiger partial charge in [0.05, 0.1) is 5.41 Å². The monoisotopic (exact) mass is 538 g/mol. The molecule has 0 aromatic heterocycles. The molecule has 0 bridgehead atoms. The number of hydrogen-bond acceptors (Lipinski definition) is 2. The van der Waals surface area contributed by atoms with Crippen molar-refractivity contribution in [1.82, 2.24) is 0 Å². The number of unbranched alkanes of at least 4 members (excludes halogenated alkanes) is 9. The van der Waals surface area contributed by atoms with Gasteiger partial charge >= 0.3 is 11.9 Å². The van der Waals surface area contributed by atoms with Crippen molar-refractivity contribution >= 4 is 11.9 Å². The highest BCUT2D eigenvalue weighted by Gasteiger charge is 2.43. The van der Waals surface area contributed by atoms with Crippen LogP contribution < -0.4 is 0 Å². The predicted molar refractivity (Wildman–Crippen MR) is 163 cm³/mol. The van der Waals surface area contributed by atoms with E-state index in [-0.39, 0.29) is 0 Å². The molecule has 4 heteroatoms. The number of carboxylic acid groups (broad SMARTS) is 2. The van der Waals surface area contributed by atoms with E-state index < -0.39 is 17.4 Å². The number of carbonyl (C=O) groups is 2. The van der Waals surface area contributed by atoms with Crippen molar-refractivity contribution in [3.63, 3.8) is 0 Å². The zero-order valence-corrected chi connectivity index (χ0v) is 26.4. The first-order chi connectivity index (χ1) is 18.1. The molecule has 0 rings (SSSR count). The fraction of sp³-hybridized carbons (Fsp3) is 0.941. The second-order valence-electron chi connectivity index (χ2n) is 12.8. The molecular weight excluding hydrogens is 472 g/mol. The van der Waals surface area contributed by atoms with E-state index in [4.69, 9.17) is 5.11 Å². The average molecular weight is 539 g/mol. The van der Waals surface area contributed by atoms with E-state index in [0.29, 0.717) is 30.1 Å². The van der Waals surface area contributed by atoms with Gasteiger partial charge in [0.1, 0.15) is 0 Å². The van der Waals surface area contributed by atoms with Gasteiger partial charge in [0.25, 0.3) is 0 Å². The van der Waals surface area contributed by atoms with Gasteiger partial charge in [-0.2, -0.15) is 0 Å². The SMILES string of the molecule is CCCCC(CC)CC(CC(CC)CCCC)(CC(CCCCCCCCCCC(=O)O)C(C)C)C(=O)O. The summed E-state index contributed by atoms with van der Waals surface area (Å²) in [5, 5.41) is 19.6. The van der Waals surface area contributed by atoms with Crippen LogP contribution in [0.5, 0.6) is 0 Å². The van der Waals surface area contributed by atoms with Crippen molar-refractivity contribution in [2.45, 2.75) is 176 Å². The molecule has 0 aliphatic carbocycles. The maximum atomic E-state index is 13.2. The van der Waals surface area contributed by atoms with Crippen LogP contribution in [0, 0.1) is 29.1 Å². The van der Waals surface area contributed by atoms with Crippen molar-refractivity contribution in [3.8, 4) is 0 Å². The summed E-state index contributed by atoms with van der Waals surface area (Å²) in [5.41, 5.74) is -0.590. The normalized spacial score (nSPS) is 15.8. The maximum absolute atomic E-state index is 13.2. The van der Waals surface area contributed by atoms with Crippen LogP contribution in [-0.4, -0.2) is 22.2 Å². The molecule has 3 unspecified atom stereocenters. The van der Waals surface area contributed by atoms with Crippen LogP contribution >= 0.6 is 0 Å². The van der Waals surface area contributed by atoms with Crippen LogP contribution in [0.2, 0.25) is 0 Å². The van der Waals surface area contributed by atoms with Gasteiger partial charge < -0.3 is 10.2 Å². The summed E-state index contributed by atoms with van der Waals surface area (Å²) in [7, 11) is 0. The van der Waals surface area contributed by atoms with Gasteiger partial charge in [0, 0.05) is 6.42 Å². The standard InChI is InChI=1S/C34H66O4/c1-7-11-21-29(9-3)25-34(33(37)38,26-30(10-4)22-12-8-2)27-31(28(5)6)23-19-17-15-13-14-16-18-20-24-32(35)36/h28-31H,7-27H2,1-6H3,(H,35,36)(H,37,38). The molecule has 0 aromatic carbocycles. The second-order valence-corrected chi connectivity index (χ2v) is 12.8. The number of aliphatic carboxylic acids is 2. The average Bonchev–Trinajstić information content (AvgIpc) is 2.88. The van der Waals surface area contributed by atoms with Gasteiger partial charge in [-0.1, -0.05) is 144 Å². The van der Waals surface area contributed by atoms with Gasteiger partial charge in [0.15, 0.2) is 0 Å². The van der Waals surface area contributed by atoms with Crippen molar-refractivity contribution in [3.05, 3.63) is 0 Å². The lowest BCUT2D eigenvalue weighted by atomic mass is 9.64. The minimum atomic E-state index is -0.686. The summed E-state index contributed by atoms with van der Waals surface area (Å²) < 4.78 is 0. The highest BCUT2D eigenvalue weighted by molar-refractivity contribution is 5.74. The van der Waals surface area contributed by atoms with E-state index in [2.05, 4.69) is 41.5 Å². The summed E-state index contributed by atoms with van der Waals surface area (Å²) in [4.78, 5) is 23.8. The maximum Gasteiger partial charge on any atom is 0.309 e. The molecule has 0 fully saturated rings. The minimum absolute atomic E-state index is 0.295.